The molecule has 0 aliphatic carbocycles. The van der Waals surface area contributed by atoms with Gasteiger partial charge < -0.3 is 10.1 Å². The Balaban J connectivity index is 2.15. The molecule has 1 heterocycles. The van der Waals surface area contributed by atoms with Crippen LogP contribution in [-0.4, -0.2) is 17.5 Å². The first-order chi connectivity index (χ1) is 9.97. The van der Waals surface area contributed by atoms with Crippen molar-refractivity contribution < 1.29 is 18.3 Å². The monoisotopic (exact) mass is 376 g/mol. The first-order valence-electron chi connectivity index (χ1n) is 5.63. The number of carbonyl (C=O) groups is 1. The van der Waals surface area contributed by atoms with Crippen LogP contribution in [0.4, 0.5) is 14.5 Å². The van der Waals surface area contributed by atoms with E-state index >= 15 is 0 Å². The van der Waals surface area contributed by atoms with Gasteiger partial charge in [-0.25, -0.2) is 4.98 Å². The number of amides is 1. The molecule has 0 unspecified atom stereocenters. The van der Waals surface area contributed by atoms with E-state index in [1.165, 1.54) is 24.4 Å². The summed E-state index contributed by atoms with van der Waals surface area (Å²) in [5.41, 5.74) is 0.684. The smallest absolute Gasteiger partial charge is 0.387 e. The molecule has 1 amide bonds. The molecule has 1 aromatic heterocycles. The van der Waals surface area contributed by atoms with Crippen LogP contribution in [0.1, 0.15) is 10.4 Å². The molecule has 4 nitrogen and oxygen atoms in total. The summed E-state index contributed by atoms with van der Waals surface area (Å²) in [7, 11) is 0. The molecule has 2 aromatic rings. The van der Waals surface area contributed by atoms with Crippen LogP contribution < -0.4 is 10.1 Å². The van der Waals surface area contributed by atoms with E-state index in [1.807, 2.05) is 0 Å². The third-order valence-corrected chi connectivity index (χ3v) is 3.34. The number of benzene rings is 1. The van der Waals surface area contributed by atoms with Gasteiger partial charge in [0.05, 0.1) is 10.6 Å². The minimum atomic E-state index is -2.96. The van der Waals surface area contributed by atoms with Crippen molar-refractivity contribution in [1.82, 2.24) is 4.98 Å². The van der Waals surface area contributed by atoms with Gasteiger partial charge in [-0.15, -0.1) is 0 Å². The minimum absolute atomic E-state index is 0.0293. The van der Waals surface area contributed by atoms with E-state index < -0.39 is 12.5 Å². The summed E-state index contributed by atoms with van der Waals surface area (Å²) in [5.74, 6) is -0.569. The molecule has 0 fully saturated rings. The Labute approximate surface area is 132 Å². The summed E-state index contributed by atoms with van der Waals surface area (Å²) in [4.78, 5) is 16.0. The zero-order valence-electron chi connectivity index (χ0n) is 10.3. The fourth-order valence-corrected chi connectivity index (χ4v) is 2.18. The number of anilines is 1. The van der Waals surface area contributed by atoms with Crippen LogP contribution in [0.3, 0.4) is 0 Å². The largest absolute Gasteiger partial charge is 0.433 e. The summed E-state index contributed by atoms with van der Waals surface area (Å²) >= 11 is 8.97. The van der Waals surface area contributed by atoms with Crippen LogP contribution in [0.2, 0.25) is 5.02 Å². The molecular formula is C13H8BrClF2N2O2. The van der Waals surface area contributed by atoms with Gasteiger partial charge in [-0.05, 0) is 46.3 Å². The summed E-state index contributed by atoms with van der Waals surface area (Å²) < 4.78 is 28.8. The van der Waals surface area contributed by atoms with Crippen LogP contribution in [0.5, 0.6) is 5.75 Å². The van der Waals surface area contributed by atoms with Crippen molar-refractivity contribution in [3.63, 3.8) is 0 Å². The summed E-state index contributed by atoms with van der Waals surface area (Å²) in [5, 5.41) is 2.55. The van der Waals surface area contributed by atoms with Gasteiger partial charge in [0.25, 0.3) is 5.91 Å². The second-order valence-corrected chi connectivity index (χ2v) is 4.98. The molecule has 8 heteroatoms. The highest BCUT2D eigenvalue weighted by molar-refractivity contribution is 9.10. The number of hydrogen-bond acceptors (Lipinski definition) is 3. The predicted molar refractivity (Wildman–Crippen MR) is 78.0 cm³/mol. The van der Waals surface area contributed by atoms with Crippen molar-refractivity contribution in [2.24, 2.45) is 0 Å². The fourth-order valence-electron chi connectivity index (χ4n) is 1.52. The highest BCUT2D eigenvalue weighted by atomic mass is 79.9. The van der Waals surface area contributed by atoms with Gasteiger partial charge >= 0.3 is 6.61 Å². The number of hydrogen-bond donors (Lipinski definition) is 1. The maximum atomic E-state index is 12.1. The quantitative estimate of drug-likeness (QED) is 0.806. The van der Waals surface area contributed by atoms with E-state index in [-0.39, 0.29) is 10.8 Å². The van der Waals surface area contributed by atoms with Crippen molar-refractivity contribution in [3.8, 4) is 5.75 Å². The van der Waals surface area contributed by atoms with Crippen LogP contribution in [0.25, 0.3) is 0 Å². The van der Waals surface area contributed by atoms with E-state index in [0.29, 0.717) is 15.9 Å². The first kappa shape index (κ1) is 15.7. The van der Waals surface area contributed by atoms with E-state index in [1.54, 1.807) is 12.1 Å². The normalized spacial score (nSPS) is 10.5. The zero-order chi connectivity index (χ0) is 15.4. The number of nitrogens with one attached hydrogen (secondary N) is 1. The van der Waals surface area contributed by atoms with Crippen molar-refractivity contribution >= 4 is 39.1 Å². The molecule has 0 bridgehead atoms. The zero-order valence-corrected chi connectivity index (χ0v) is 12.7. The second kappa shape index (κ2) is 6.82. The number of ether oxygens (including phenoxy) is 1. The standard InChI is InChI=1S/C13H8BrClF2N2O2/c14-11-8(2-1-5-18-11)12(20)19-7-3-4-10(9(15)6-7)21-13(16)17/h1-6,13H,(H,19,20). The Morgan fingerprint density at radius 1 is 1.38 bits per heavy atom. The highest BCUT2D eigenvalue weighted by Gasteiger charge is 2.13. The molecule has 0 spiro atoms. The summed E-state index contributed by atoms with van der Waals surface area (Å²) in [6.07, 6.45) is 1.54. The Morgan fingerprint density at radius 3 is 2.76 bits per heavy atom. The van der Waals surface area contributed by atoms with Crippen molar-refractivity contribution in [1.29, 1.82) is 0 Å². The van der Waals surface area contributed by atoms with Crippen molar-refractivity contribution in [2.45, 2.75) is 6.61 Å². The number of carbonyl (C=O) groups excluding carboxylic acids is 1. The third kappa shape index (κ3) is 4.12. The van der Waals surface area contributed by atoms with Crippen LogP contribution >= 0.6 is 27.5 Å². The van der Waals surface area contributed by atoms with Gasteiger partial charge in [-0.1, -0.05) is 11.6 Å². The van der Waals surface area contributed by atoms with Gasteiger partial charge in [0.2, 0.25) is 0 Å². The van der Waals surface area contributed by atoms with Gasteiger partial charge in [-0.3, -0.25) is 4.79 Å². The Hall–Kier alpha value is -1.73. The average Bonchev–Trinajstić information content (AvgIpc) is 2.42. The molecular weight excluding hydrogens is 370 g/mol. The number of aromatic nitrogens is 1. The summed E-state index contributed by atoms with van der Waals surface area (Å²) in [6, 6.07) is 7.18. The van der Waals surface area contributed by atoms with Crippen molar-refractivity contribution in [3.05, 3.63) is 51.7 Å². The topological polar surface area (TPSA) is 51.2 Å². The summed E-state index contributed by atoms with van der Waals surface area (Å²) in [6.45, 7) is -2.96. The highest BCUT2D eigenvalue weighted by Crippen LogP contribution is 2.29. The average molecular weight is 378 g/mol. The van der Waals surface area contributed by atoms with Crippen LogP contribution in [0.15, 0.2) is 41.1 Å². The first-order valence-corrected chi connectivity index (χ1v) is 6.80. The van der Waals surface area contributed by atoms with E-state index in [4.69, 9.17) is 11.6 Å². The molecule has 0 saturated heterocycles. The number of alkyl halides is 2. The van der Waals surface area contributed by atoms with Gasteiger partial charge in [0, 0.05) is 11.9 Å². The molecule has 1 aromatic carbocycles. The lowest BCUT2D eigenvalue weighted by molar-refractivity contribution is -0.0497. The van der Waals surface area contributed by atoms with E-state index in [9.17, 15) is 13.6 Å². The lowest BCUT2D eigenvalue weighted by Crippen LogP contribution is -2.13. The maximum Gasteiger partial charge on any atom is 0.387 e. The van der Waals surface area contributed by atoms with Crippen LogP contribution in [-0.2, 0) is 0 Å². The lowest BCUT2D eigenvalue weighted by Gasteiger charge is -2.10. The molecule has 21 heavy (non-hydrogen) atoms. The fraction of sp³-hybridized carbons (Fsp3) is 0.0769. The van der Waals surface area contributed by atoms with E-state index in [0.717, 1.165) is 0 Å². The van der Waals surface area contributed by atoms with E-state index in [2.05, 4.69) is 31.0 Å². The molecule has 2 rings (SSSR count). The molecule has 1 N–H and O–H groups in total. The lowest BCUT2D eigenvalue weighted by atomic mass is 10.2. The molecule has 0 aliphatic heterocycles. The molecule has 0 saturated carbocycles. The Morgan fingerprint density at radius 2 is 2.14 bits per heavy atom. The van der Waals surface area contributed by atoms with Crippen molar-refractivity contribution in [2.75, 3.05) is 5.32 Å². The minimum Gasteiger partial charge on any atom is -0.433 e. The number of halogens is 4. The molecule has 0 atom stereocenters. The van der Waals surface area contributed by atoms with Gasteiger partial charge in [0.15, 0.2) is 0 Å². The predicted octanol–water partition coefficient (Wildman–Crippen LogP) is 4.35. The SMILES string of the molecule is O=C(Nc1ccc(OC(F)F)c(Cl)c1)c1cccnc1Br. The van der Waals surface area contributed by atoms with Gasteiger partial charge in [0.1, 0.15) is 10.4 Å². The molecule has 110 valence electrons. The Bertz CT molecular complexity index is 670. The molecule has 0 radical (unpaired) electrons. The van der Waals surface area contributed by atoms with Gasteiger partial charge in [-0.2, -0.15) is 8.78 Å². The van der Waals surface area contributed by atoms with Crippen LogP contribution in [0, 0.1) is 0 Å². The Kier molecular flexibility index (Phi) is 5.08. The third-order valence-electron chi connectivity index (χ3n) is 2.41. The number of nitrogens with zero attached hydrogens (tertiary/aromatic N) is 1. The maximum absolute atomic E-state index is 12.1. The number of pyridine rings is 1. The second-order valence-electron chi connectivity index (χ2n) is 3.82. The number of rotatable bonds is 4. The molecule has 0 aliphatic rings.